The van der Waals surface area contributed by atoms with Gasteiger partial charge in [-0.1, -0.05) is 115 Å². The van der Waals surface area contributed by atoms with Gasteiger partial charge in [-0.3, -0.25) is 0 Å². The first-order chi connectivity index (χ1) is 21.8. The summed E-state index contributed by atoms with van der Waals surface area (Å²) < 4.78 is 6.62. The Labute approximate surface area is 254 Å². The summed E-state index contributed by atoms with van der Waals surface area (Å²) in [6, 6.07) is 55.7. The summed E-state index contributed by atoms with van der Waals surface area (Å²) in [5, 5.41) is 9.25. The van der Waals surface area contributed by atoms with Crippen molar-refractivity contribution in [2.45, 2.75) is 0 Å². The SMILES string of the molecule is c1ccc(-c2nc3c4ccccc4c4ccc(N(c5ccc6ccccc6c5)c5cccc6ccccc56)cc4c3o2)cc1. The smallest absolute Gasteiger partial charge is 0.227 e. The molecule has 44 heavy (non-hydrogen) atoms. The number of anilines is 3. The van der Waals surface area contributed by atoms with Gasteiger partial charge in [0.1, 0.15) is 5.52 Å². The van der Waals surface area contributed by atoms with E-state index in [-0.39, 0.29) is 0 Å². The second kappa shape index (κ2) is 9.82. The van der Waals surface area contributed by atoms with Gasteiger partial charge in [0.05, 0.1) is 5.69 Å². The number of nitrogens with zero attached hydrogens (tertiary/aromatic N) is 2. The normalized spacial score (nSPS) is 11.6. The third kappa shape index (κ3) is 3.87. The van der Waals surface area contributed by atoms with Gasteiger partial charge < -0.3 is 9.32 Å². The zero-order valence-electron chi connectivity index (χ0n) is 23.8. The lowest BCUT2D eigenvalue weighted by atomic mass is 9.99. The monoisotopic (exact) mass is 562 g/mol. The van der Waals surface area contributed by atoms with Crippen LogP contribution in [0.1, 0.15) is 0 Å². The molecule has 0 bridgehead atoms. The molecule has 0 unspecified atom stereocenters. The topological polar surface area (TPSA) is 29.3 Å². The number of fused-ring (bicyclic) bond motifs is 8. The minimum Gasteiger partial charge on any atom is -0.435 e. The number of oxazole rings is 1. The molecule has 0 radical (unpaired) electrons. The number of hydrogen-bond donors (Lipinski definition) is 0. The van der Waals surface area contributed by atoms with Crippen LogP contribution in [-0.2, 0) is 0 Å². The standard InChI is InChI=1S/C41H26N2O/c1-2-13-29(14-3-1)41-42-39-36-19-9-8-18-34(36)35-24-23-32(26-37(35)40(39)44-41)43(31-22-21-27-11-4-5-15-30(27)25-31)38-20-10-16-28-12-6-7-17-33(28)38/h1-26H. The van der Waals surface area contributed by atoms with Gasteiger partial charge in [-0.25, -0.2) is 4.98 Å². The van der Waals surface area contributed by atoms with Crippen LogP contribution >= 0.6 is 0 Å². The Balaban J connectivity index is 1.35. The van der Waals surface area contributed by atoms with E-state index in [1.165, 1.54) is 21.5 Å². The van der Waals surface area contributed by atoms with Crippen LogP contribution in [0.2, 0.25) is 0 Å². The van der Waals surface area contributed by atoms with Crippen LogP contribution < -0.4 is 4.90 Å². The van der Waals surface area contributed by atoms with Crippen LogP contribution in [0, 0.1) is 0 Å². The lowest BCUT2D eigenvalue weighted by molar-refractivity contribution is 0.623. The molecule has 9 aromatic rings. The quantitative estimate of drug-likeness (QED) is 0.200. The van der Waals surface area contributed by atoms with E-state index in [4.69, 9.17) is 9.40 Å². The number of aromatic nitrogens is 1. The van der Waals surface area contributed by atoms with Crippen molar-refractivity contribution in [1.29, 1.82) is 0 Å². The van der Waals surface area contributed by atoms with Crippen molar-refractivity contribution in [2.75, 3.05) is 4.90 Å². The van der Waals surface area contributed by atoms with Crippen LogP contribution in [0.25, 0.3) is 65.6 Å². The summed E-state index contributed by atoms with van der Waals surface area (Å²) in [5.41, 5.74) is 5.92. The molecule has 0 saturated heterocycles. The molecule has 3 nitrogen and oxygen atoms in total. The lowest BCUT2D eigenvalue weighted by Crippen LogP contribution is -2.10. The average Bonchev–Trinajstić information content (AvgIpc) is 3.55. The fraction of sp³-hybridized carbons (Fsp3) is 0. The molecule has 0 atom stereocenters. The minimum absolute atomic E-state index is 0.629. The summed E-state index contributed by atoms with van der Waals surface area (Å²) in [4.78, 5) is 7.41. The first-order valence-corrected chi connectivity index (χ1v) is 14.9. The van der Waals surface area contributed by atoms with Gasteiger partial charge in [0.25, 0.3) is 0 Å². The number of hydrogen-bond acceptors (Lipinski definition) is 3. The van der Waals surface area contributed by atoms with Crippen LogP contribution in [0.15, 0.2) is 162 Å². The number of rotatable bonds is 4. The van der Waals surface area contributed by atoms with Gasteiger partial charge in [0.15, 0.2) is 5.58 Å². The van der Waals surface area contributed by atoms with E-state index in [1.807, 2.05) is 30.3 Å². The van der Waals surface area contributed by atoms with Crippen LogP contribution in [0.5, 0.6) is 0 Å². The van der Waals surface area contributed by atoms with E-state index in [2.05, 4.69) is 132 Å². The van der Waals surface area contributed by atoms with E-state index in [9.17, 15) is 0 Å². The molecular weight excluding hydrogens is 536 g/mol. The van der Waals surface area contributed by atoms with Crippen molar-refractivity contribution in [1.82, 2.24) is 4.98 Å². The first kappa shape index (κ1) is 24.6. The summed E-state index contributed by atoms with van der Waals surface area (Å²) in [6.07, 6.45) is 0. The van der Waals surface area contributed by atoms with Gasteiger partial charge in [-0.05, 0) is 69.4 Å². The Hall–Kier alpha value is -5.93. The molecule has 1 heterocycles. The second-order valence-corrected chi connectivity index (χ2v) is 11.2. The van der Waals surface area contributed by atoms with Gasteiger partial charge in [-0.15, -0.1) is 0 Å². The van der Waals surface area contributed by atoms with Crippen molar-refractivity contribution in [3.63, 3.8) is 0 Å². The predicted molar refractivity (Wildman–Crippen MR) is 184 cm³/mol. The molecular formula is C41H26N2O. The summed E-state index contributed by atoms with van der Waals surface area (Å²) in [5.74, 6) is 0.629. The van der Waals surface area contributed by atoms with E-state index in [1.54, 1.807) is 0 Å². The van der Waals surface area contributed by atoms with Crippen LogP contribution in [0.4, 0.5) is 17.1 Å². The van der Waals surface area contributed by atoms with Crippen molar-refractivity contribution in [3.05, 3.63) is 158 Å². The molecule has 206 valence electrons. The predicted octanol–water partition coefficient (Wildman–Crippen LogP) is 11.6. The first-order valence-electron chi connectivity index (χ1n) is 14.9. The molecule has 0 amide bonds. The van der Waals surface area contributed by atoms with E-state index in [0.717, 1.165) is 55.3 Å². The minimum atomic E-state index is 0.629. The van der Waals surface area contributed by atoms with Gasteiger partial charge in [0.2, 0.25) is 5.89 Å². The lowest BCUT2D eigenvalue weighted by Gasteiger charge is -2.27. The van der Waals surface area contributed by atoms with Crippen molar-refractivity contribution >= 4 is 71.3 Å². The Kier molecular flexibility index (Phi) is 5.50. The average molecular weight is 563 g/mol. The molecule has 0 fully saturated rings. The van der Waals surface area contributed by atoms with Crippen molar-refractivity contribution in [2.24, 2.45) is 0 Å². The molecule has 0 spiro atoms. The third-order valence-electron chi connectivity index (χ3n) is 8.63. The van der Waals surface area contributed by atoms with Crippen molar-refractivity contribution < 1.29 is 4.42 Å². The highest BCUT2D eigenvalue weighted by Crippen LogP contribution is 2.43. The molecule has 9 rings (SSSR count). The van der Waals surface area contributed by atoms with Crippen LogP contribution in [0.3, 0.4) is 0 Å². The molecule has 0 aliphatic rings. The van der Waals surface area contributed by atoms with Gasteiger partial charge >= 0.3 is 0 Å². The maximum atomic E-state index is 6.62. The zero-order chi connectivity index (χ0) is 29.0. The van der Waals surface area contributed by atoms with E-state index < -0.39 is 0 Å². The Morgan fingerprint density at radius 2 is 1.07 bits per heavy atom. The van der Waals surface area contributed by atoms with Gasteiger partial charge in [-0.2, -0.15) is 0 Å². The van der Waals surface area contributed by atoms with Crippen LogP contribution in [-0.4, -0.2) is 4.98 Å². The van der Waals surface area contributed by atoms with Gasteiger partial charge in [0, 0.05) is 33.1 Å². The zero-order valence-corrected chi connectivity index (χ0v) is 23.8. The highest BCUT2D eigenvalue weighted by molar-refractivity contribution is 6.23. The molecule has 3 heteroatoms. The maximum absolute atomic E-state index is 6.62. The molecule has 0 N–H and O–H groups in total. The Morgan fingerprint density at radius 1 is 0.432 bits per heavy atom. The maximum Gasteiger partial charge on any atom is 0.227 e. The highest BCUT2D eigenvalue weighted by Gasteiger charge is 2.20. The molecule has 8 aromatic carbocycles. The second-order valence-electron chi connectivity index (χ2n) is 11.2. The fourth-order valence-corrected chi connectivity index (χ4v) is 6.55. The Morgan fingerprint density at radius 3 is 1.93 bits per heavy atom. The van der Waals surface area contributed by atoms with E-state index >= 15 is 0 Å². The highest BCUT2D eigenvalue weighted by atomic mass is 16.3. The third-order valence-corrected chi connectivity index (χ3v) is 8.63. The molecule has 0 saturated carbocycles. The van der Waals surface area contributed by atoms with E-state index in [0.29, 0.717) is 5.89 Å². The fourth-order valence-electron chi connectivity index (χ4n) is 6.55. The summed E-state index contributed by atoms with van der Waals surface area (Å²) >= 11 is 0. The van der Waals surface area contributed by atoms with Crippen molar-refractivity contribution in [3.8, 4) is 11.5 Å². The molecule has 1 aromatic heterocycles. The summed E-state index contributed by atoms with van der Waals surface area (Å²) in [7, 11) is 0. The molecule has 0 aliphatic carbocycles. The Bertz CT molecular complexity index is 2510. The largest absolute Gasteiger partial charge is 0.435 e. The summed E-state index contributed by atoms with van der Waals surface area (Å²) in [6.45, 7) is 0. The number of benzene rings is 8. The molecule has 0 aliphatic heterocycles.